The van der Waals surface area contributed by atoms with Gasteiger partial charge in [0, 0.05) is 19.0 Å². The van der Waals surface area contributed by atoms with Gasteiger partial charge in [-0.05, 0) is 50.5 Å². The number of nitrogen functional groups attached to an aromatic ring is 1. The lowest BCUT2D eigenvalue weighted by atomic mass is 10.0. The summed E-state index contributed by atoms with van der Waals surface area (Å²) in [5, 5.41) is 30.8. The lowest BCUT2D eigenvalue weighted by molar-refractivity contribution is -0.161. The summed E-state index contributed by atoms with van der Waals surface area (Å²) in [6.07, 6.45) is 22.9. The van der Waals surface area contributed by atoms with Crippen LogP contribution in [-0.4, -0.2) is 96.9 Å². The summed E-state index contributed by atoms with van der Waals surface area (Å²) in [4.78, 5) is 61.6. The fraction of sp³-hybridized carbons (Fsp3) is 0.689. The van der Waals surface area contributed by atoms with Gasteiger partial charge in [0.05, 0.1) is 19.3 Å². The third kappa shape index (κ3) is 26.9. The Hall–Kier alpha value is -3.32. The van der Waals surface area contributed by atoms with Gasteiger partial charge in [0.2, 0.25) is 0 Å². The second-order valence-corrected chi connectivity index (χ2v) is 19.6. The highest BCUT2D eigenvalue weighted by Gasteiger charge is 2.46. The summed E-state index contributed by atoms with van der Waals surface area (Å²) in [7, 11) is -10.9. The van der Waals surface area contributed by atoms with Crippen LogP contribution in [0.4, 0.5) is 5.82 Å². The van der Waals surface area contributed by atoms with E-state index in [1.54, 1.807) is 6.08 Å². The van der Waals surface area contributed by atoms with Crippen molar-refractivity contribution in [3.8, 4) is 0 Å². The molecule has 0 bridgehead atoms. The molecule has 1 saturated heterocycles. The SMILES string of the molecule is CCCCC[C@@H](O)/C=C/C=C\C/C=C\C/C=C\CCCC(=O)OC[C@H](COP(=O)(O)OP(=O)(O)OC[C@H]1O[C@@H](n2ccc(N)nc2=O)[C@H](O)[C@@H]1O)OC(=O)CCCCCCCCCC(C)C. The Morgan fingerprint density at radius 3 is 2.17 bits per heavy atom. The molecule has 8 atom stereocenters. The standard InChI is InChI=1S/C45H75N3O16P2/c1-4-5-20-26-36(49)27-22-17-13-9-7-6-8-10-14-18-23-28-40(50)59-32-37(62-41(51)29-24-19-15-11-12-16-21-25-35(2)3)33-60-65(55,56)64-66(57,58)61-34-38-42(52)43(53)44(63-38)48-31-30-39(46)47-45(48)54/h6-7,10,13-14,17,22,27,30-31,35-38,42-44,49,52-53H,4-5,8-9,11-12,15-16,18-21,23-26,28-29,32-34H2,1-3H3,(H,55,56)(H,57,58)(H2,46,47,54)/b7-6-,14-10-,17-13-,27-22+/t36-,37-,38-,42-,43-,44-/m1/s1. The van der Waals surface area contributed by atoms with Crippen LogP contribution in [-0.2, 0) is 46.3 Å². The van der Waals surface area contributed by atoms with Gasteiger partial charge in [0.1, 0.15) is 30.7 Å². The highest BCUT2D eigenvalue weighted by atomic mass is 31.3. The molecule has 2 unspecified atom stereocenters. The van der Waals surface area contributed by atoms with Crippen LogP contribution in [0.15, 0.2) is 65.7 Å². The van der Waals surface area contributed by atoms with E-state index >= 15 is 0 Å². The number of ether oxygens (including phenoxy) is 3. The van der Waals surface area contributed by atoms with Crippen LogP contribution >= 0.6 is 15.6 Å². The number of allylic oxidation sites excluding steroid dienone is 7. The highest BCUT2D eigenvalue weighted by molar-refractivity contribution is 7.61. The van der Waals surface area contributed by atoms with Crippen molar-refractivity contribution in [2.24, 2.45) is 5.92 Å². The molecule has 1 fully saturated rings. The third-order valence-electron chi connectivity index (χ3n) is 10.2. The fourth-order valence-corrected chi connectivity index (χ4v) is 8.65. The minimum absolute atomic E-state index is 0.0265. The number of hydrogen-bond acceptors (Lipinski definition) is 16. The number of aliphatic hydroxyl groups excluding tert-OH is 3. The number of hydrogen-bond donors (Lipinski definition) is 6. The minimum Gasteiger partial charge on any atom is -0.462 e. The predicted molar refractivity (Wildman–Crippen MR) is 248 cm³/mol. The van der Waals surface area contributed by atoms with E-state index in [0.717, 1.165) is 75.0 Å². The number of aromatic nitrogens is 2. The normalized spacial score (nSPS) is 20.7. The molecule has 7 N–H and O–H groups in total. The summed E-state index contributed by atoms with van der Waals surface area (Å²) in [5.41, 5.74) is 4.57. The Balaban J connectivity index is 1.85. The molecule has 0 aromatic carbocycles. The number of carbonyl (C=O) groups excluding carboxylic acids is 2. The zero-order valence-corrected chi connectivity index (χ0v) is 40.5. The van der Waals surface area contributed by atoms with E-state index in [0.29, 0.717) is 31.6 Å². The summed E-state index contributed by atoms with van der Waals surface area (Å²) in [6.45, 7) is 4.15. The van der Waals surface area contributed by atoms with Gasteiger partial charge in [-0.3, -0.25) is 23.2 Å². The van der Waals surface area contributed by atoms with Crippen molar-refractivity contribution in [1.29, 1.82) is 0 Å². The van der Waals surface area contributed by atoms with Crippen LogP contribution in [0.3, 0.4) is 0 Å². The Morgan fingerprint density at radius 2 is 1.47 bits per heavy atom. The summed E-state index contributed by atoms with van der Waals surface area (Å²) >= 11 is 0. The second-order valence-electron chi connectivity index (χ2n) is 16.6. The second kappa shape index (κ2) is 33.2. The molecule has 19 nitrogen and oxygen atoms in total. The number of phosphoric acid groups is 2. The van der Waals surface area contributed by atoms with Crippen LogP contribution in [0.5, 0.6) is 0 Å². The predicted octanol–water partition coefficient (Wildman–Crippen LogP) is 7.43. The molecule has 1 aromatic rings. The van der Waals surface area contributed by atoms with E-state index in [1.165, 1.54) is 18.9 Å². The molecular formula is C45H75N3O16P2. The van der Waals surface area contributed by atoms with Gasteiger partial charge in [0.25, 0.3) is 0 Å². The highest BCUT2D eigenvalue weighted by Crippen LogP contribution is 2.60. The number of esters is 2. The first-order valence-electron chi connectivity index (χ1n) is 23.1. The van der Waals surface area contributed by atoms with E-state index in [2.05, 4.69) is 30.1 Å². The van der Waals surface area contributed by atoms with Crippen LogP contribution in [0.1, 0.15) is 143 Å². The number of anilines is 1. The van der Waals surface area contributed by atoms with Crippen LogP contribution in [0.25, 0.3) is 0 Å². The van der Waals surface area contributed by atoms with E-state index in [-0.39, 0.29) is 18.7 Å². The lowest BCUT2D eigenvalue weighted by Crippen LogP contribution is -2.36. The first kappa shape index (κ1) is 58.8. The van der Waals surface area contributed by atoms with E-state index in [1.807, 2.05) is 42.5 Å². The molecule has 1 aliphatic rings. The van der Waals surface area contributed by atoms with Gasteiger partial charge < -0.3 is 45.1 Å². The molecule has 1 aromatic heterocycles. The molecule has 0 spiro atoms. The Morgan fingerprint density at radius 1 is 0.833 bits per heavy atom. The Labute approximate surface area is 389 Å². The van der Waals surface area contributed by atoms with Gasteiger partial charge in [-0.1, -0.05) is 134 Å². The average Bonchev–Trinajstić information content (AvgIpc) is 3.53. The van der Waals surface area contributed by atoms with Crippen molar-refractivity contribution < 1.29 is 71.4 Å². The van der Waals surface area contributed by atoms with Gasteiger partial charge in [-0.25, -0.2) is 13.9 Å². The maximum absolute atomic E-state index is 12.8. The molecule has 2 heterocycles. The van der Waals surface area contributed by atoms with Crippen LogP contribution in [0.2, 0.25) is 0 Å². The van der Waals surface area contributed by atoms with Crippen molar-refractivity contribution >= 4 is 33.4 Å². The smallest absolute Gasteiger partial charge is 0.462 e. The molecule has 0 aliphatic carbocycles. The topological polar surface area (TPSA) is 286 Å². The molecule has 0 radical (unpaired) electrons. The zero-order chi connectivity index (χ0) is 48.8. The number of unbranched alkanes of at least 4 members (excludes halogenated alkanes) is 9. The van der Waals surface area contributed by atoms with Gasteiger partial charge in [-0.15, -0.1) is 0 Å². The first-order valence-corrected chi connectivity index (χ1v) is 26.1. The zero-order valence-electron chi connectivity index (χ0n) is 38.8. The lowest BCUT2D eigenvalue weighted by Gasteiger charge is -2.21. The first-order chi connectivity index (χ1) is 31.4. The van der Waals surface area contributed by atoms with Crippen LogP contribution in [0, 0.1) is 5.92 Å². The van der Waals surface area contributed by atoms with Crippen molar-refractivity contribution in [1.82, 2.24) is 9.55 Å². The quantitative estimate of drug-likeness (QED) is 0.0125. The summed E-state index contributed by atoms with van der Waals surface area (Å²) in [5.74, 6) is -0.723. The molecule has 0 amide bonds. The van der Waals surface area contributed by atoms with Crippen molar-refractivity contribution in [3.63, 3.8) is 0 Å². The summed E-state index contributed by atoms with van der Waals surface area (Å²) < 4.78 is 56.4. The number of nitrogens with two attached hydrogens (primary N) is 1. The van der Waals surface area contributed by atoms with Crippen molar-refractivity contribution in [2.75, 3.05) is 25.6 Å². The maximum Gasteiger partial charge on any atom is 0.481 e. The minimum atomic E-state index is -5.44. The Kier molecular flexibility index (Phi) is 29.6. The number of nitrogens with zero attached hydrogens (tertiary/aromatic N) is 2. The monoisotopic (exact) mass is 975 g/mol. The maximum atomic E-state index is 12.8. The van der Waals surface area contributed by atoms with E-state index in [4.69, 9.17) is 29.0 Å². The van der Waals surface area contributed by atoms with E-state index in [9.17, 15) is 48.6 Å². The molecule has 376 valence electrons. The molecule has 0 saturated carbocycles. The molecule has 1 aliphatic heterocycles. The number of aliphatic hydroxyl groups is 3. The summed E-state index contributed by atoms with van der Waals surface area (Å²) in [6, 6.07) is 1.24. The van der Waals surface area contributed by atoms with Crippen molar-refractivity contribution in [3.05, 3.63) is 71.4 Å². The largest absolute Gasteiger partial charge is 0.481 e. The Bertz CT molecular complexity index is 1820. The van der Waals surface area contributed by atoms with Crippen molar-refractivity contribution in [2.45, 2.75) is 173 Å². The number of carbonyl (C=O) groups is 2. The van der Waals surface area contributed by atoms with Gasteiger partial charge in [-0.2, -0.15) is 9.29 Å². The van der Waals surface area contributed by atoms with E-state index < -0.39 is 89.8 Å². The van der Waals surface area contributed by atoms with Crippen LogP contribution < -0.4 is 11.4 Å². The van der Waals surface area contributed by atoms with Gasteiger partial charge in [0.15, 0.2) is 12.3 Å². The third-order valence-corrected chi connectivity index (χ3v) is 12.8. The molecule has 21 heteroatoms. The fourth-order valence-electron chi connectivity index (χ4n) is 6.54. The number of phosphoric ester groups is 2. The molecular weight excluding hydrogens is 900 g/mol. The molecule has 2 rings (SSSR count). The van der Waals surface area contributed by atoms with Gasteiger partial charge >= 0.3 is 33.3 Å². The molecule has 66 heavy (non-hydrogen) atoms. The number of rotatable bonds is 36. The average molecular weight is 976 g/mol.